The Labute approximate surface area is 149 Å². The van der Waals surface area contributed by atoms with Crippen LogP contribution in [0.2, 0.25) is 0 Å². The predicted molar refractivity (Wildman–Crippen MR) is 99.5 cm³/mol. The van der Waals surface area contributed by atoms with Crippen LogP contribution in [0, 0.1) is 0 Å². The summed E-state index contributed by atoms with van der Waals surface area (Å²) in [5.41, 5.74) is 2.19. The van der Waals surface area contributed by atoms with Gasteiger partial charge in [-0.05, 0) is 23.3 Å². The largest absolute Gasteiger partial charge is 0.487 e. The first-order valence-electron chi connectivity index (χ1n) is 6.92. The number of anilines is 1. The second kappa shape index (κ2) is 7.98. The number of alkyl halides is 1. The lowest BCUT2D eigenvalue weighted by Gasteiger charge is -2.15. The molecule has 124 valence electrons. The molecule has 0 aliphatic rings. The number of ether oxygens (including phenoxy) is 1. The third kappa shape index (κ3) is 5.67. The van der Waals surface area contributed by atoms with E-state index in [2.05, 4.69) is 27.3 Å². The molecule has 0 radical (unpaired) electrons. The second-order valence-electron chi connectivity index (χ2n) is 5.05. The van der Waals surface area contributed by atoms with E-state index >= 15 is 0 Å². The molecule has 0 aromatic heterocycles. The van der Waals surface area contributed by atoms with Gasteiger partial charge in [0.1, 0.15) is 12.4 Å². The zero-order valence-corrected chi connectivity index (χ0v) is 15.5. The van der Waals surface area contributed by atoms with E-state index in [9.17, 15) is 13.5 Å². The lowest BCUT2D eigenvalue weighted by Crippen LogP contribution is -2.11. The van der Waals surface area contributed by atoms with Crippen molar-refractivity contribution in [3.05, 3.63) is 59.7 Å². The van der Waals surface area contributed by atoms with Crippen LogP contribution < -0.4 is 9.46 Å². The van der Waals surface area contributed by atoms with E-state index in [4.69, 9.17) is 4.74 Å². The van der Waals surface area contributed by atoms with E-state index in [-0.39, 0.29) is 10.5 Å². The smallest absolute Gasteiger partial charge is 0.229 e. The van der Waals surface area contributed by atoms with Gasteiger partial charge in [0.2, 0.25) is 10.0 Å². The van der Waals surface area contributed by atoms with Crippen molar-refractivity contribution in [1.82, 2.24) is 0 Å². The monoisotopic (exact) mass is 447 g/mol. The Hall–Kier alpha value is -1.32. The maximum Gasteiger partial charge on any atom is 0.229 e. The van der Waals surface area contributed by atoms with E-state index in [1.54, 1.807) is 12.1 Å². The Kier molecular flexibility index (Phi) is 6.25. The normalized spacial score (nSPS) is 12.7. The lowest BCUT2D eigenvalue weighted by molar-refractivity contribution is 0.300. The van der Waals surface area contributed by atoms with Crippen molar-refractivity contribution in [2.24, 2.45) is 0 Å². The predicted octanol–water partition coefficient (Wildman–Crippen LogP) is 3.11. The van der Waals surface area contributed by atoms with Crippen LogP contribution in [-0.4, -0.2) is 26.4 Å². The van der Waals surface area contributed by atoms with Gasteiger partial charge < -0.3 is 9.84 Å². The summed E-state index contributed by atoms with van der Waals surface area (Å²) in [4.78, 5) is 0. The minimum absolute atomic E-state index is 0.0247. The van der Waals surface area contributed by atoms with Crippen molar-refractivity contribution in [2.45, 2.75) is 10.5 Å². The van der Waals surface area contributed by atoms with Gasteiger partial charge in [-0.15, -0.1) is 0 Å². The lowest BCUT2D eigenvalue weighted by atomic mass is 10.1. The summed E-state index contributed by atoms with van der Waals surface area (Å²) < 4.78 is 31.2. The number of hydrogen-bond donors (Lipinski definition) is 2. The average Bonchev–Trinajstić information content (AvgIpc) is 2.52. The summed E-state index contributed by atoms with van der Waals surface area (Å²) in [5, 5.41) is 9.26. The highest BCUT2D eigenvalue weighted by Crippen LogP contribution is 2.32. The van der Waals surface area contributed by atoms with Gasteiger partial charge in [-0.1, -0.05) is 59.0 Å². The van der Waals surface area contributed by atoms with Crippen LogP contribution in [0.4, 0.5) is 5.69 Å². The van der Waals surface area contributed by atoms with Crippen molar-refractivity contribution >= 4 is 38.3 Å². The van der Waals surface area contributed by atoms with E-state index < -0.39 is 10.0 Å². The average molecular weight is 447 g/mol. The number of benzene rings is 2. The van der Waals surface area contributed by atoms with Crippen molar-refractivity contribution in [3.63, 3.8) is 0 Å². The molecule has 2 N–H and O–H groups in total. The number of halogens is 1. The number of rotatable bonds is 7. The standard InChI is InChI=1S/C16H18INO4S/c1-23(20,21)18-15-9-13(14(17)10-19)7-8-16(15)22-11-12-5-3-2-4-6-12/h2-9,14,18-19H,10-11H2,1H3/t14-/m0/s1. The van der Waals surface area contributed by atoms with E-state index in [1.807, 2.05) is 36.4 Å². The zero-order valence-electron chi connectivity index (χ0n) is 12.6. The fraction of sp³-hybridized carbons (Fsp3) is 0.250. The molecule has 0 bridgehead atoms. The van der Waals surface area contributed by atoms with Gasteiger partial charge in [-0.3, -0.25) is 4.72 Å². The van der Waals surface area contributed by atoms with E-state index in [0.29, 0.717) is 18.0 Å². The molecule has 0 spiro atoms. The fourth-order valence-electron chi connectivity index (χ4n) is 1.99. The maximum absolute atomic E-state index is 11.6. The van der Waals surface area contributed by atoms with Gasteiger partial charge in [0, 0.05) is 0 Å². The molecule has 23 heavy (non-hydrogen) atoms. The molecule has 2 aromatic rings. The van der Waals surface area contributed by atoms with Gasteiger partial charge in [0.25, 0.3) is 0 Å². The number of sulfonamides is 1. The summed E-state index contributed by atoms with van der Waals surface area (Å²) in [6.07, 6.45) is 1.09. The van der Waals surface area contributed by atoms with Crippen molar-refractivity contribution in [1.29, 1.82) is 0 Å². The van der Waals surface area contributed by atoms with Crippen molar-refractivity contribution in [2.75, 3.05) is 17.6 Å². The molecule has 0 amide bonds. The molecule has 0 unspecified atom stereocenters. The zero-order chi connectivity index (χ0) is 16.9. The Morgan fingerprint density at radius 1 is 1.22 bits per heavy atom. The number of hydrogen-bond acceptors (Lipinski definition) is 4. The van der Waals surface area contributed by atoms with E-state index in [1.165, 1.54) is 0 Å². The molecule has 0 fully saturated rings. The van der Waals surface area contributed by atoms with Crippen LogP contribution in [0.15, 0.2) is 48.5 Å². The molecule has 2 rings (SSSR count). The fourth-order valence-corrected chi connectivity index (χ4v) is 2.93. The Balaban J connectivity index is 2.26. The molecule has 0 heterocycles. The van der Waals surface area contributed by atoms with Crippen molar-refractivity contribution < 1.29 is 18.3 Å². The molecule has 0 saturated heterocycles. The molecule has 5 nitrogen and oxygen atoms in total. The first-order valence-corrected chi connectivity index (χ1v) is 10.1. The van der Waals surface area contributed by atoms with Gasteiger partial charge >= 0.3 is 0 Å². The topological polar surface area (TPSA) is 75.6 Å². The molecular weight excluding hydrogens is 429 g/mol. The third-order valence-electron chi connectivity index (χ3n) is 3.06. The SMILES string of the molecule is CS(=O)(=O)Nc1cc([C@@H](I)CO)ccc1OCc1ccccc1. The van der Waals surface area contributed by atoms with Gasteiger partial charge in [-0.25, -0.2) is 8.42 Å². The van der Waals surface area contributed by atoms with Crippen molar-refractivity contribution in [3.8, 4) is 5.75 Å². The quantitative estimate of drug-likeness (QED) is 0.506. The van der Waals surface area contributed by atoms with Crippen LogP contribution in [0.5, 0.6) is 5.75 Å². The van der Waals surface area contributed by atoms with Crippen LogP contribution in [-0.2, 0) is 16.6 Å². The Morgan fingerprint density at radius 2 is 1.91 bits per heavy atom. The number of nitrogens with one attached hydrogen (secondary N) is 1. The van der Waals surface area contributed by atoms with Gasteiger partial charge in [0.05, 0.1) is 22.5 Å². The summed E-state index contributed by atoms with van der Waals surface area (Å²) in [7, 11) is -3.43. The molecule has 7 heteroatoms. The van der Waals surface area contributed by atoms with Crippen LogP contribution in [0.25, 0.3) is 0 Å². The van der Waals surface area contributed by atoms with Gasteiger partial charge in [0.15, 0.2) is 0 Å². The van der Waals surface area contributed by atoms with Crippen LogP contribution >= 0.6 is 22.6 Å². The minimum atomic E-state index is -3.43. The minimum Gasteiger partial charge on any atom is -0.487 e. The van der Waals surface area contributed by atoms with Crippen LogP contribution in [0.1, 0.15) is 15.1 Å². The molecule has 0 aliphatic carbocycles. The highest BCUT2D eigenvalue weighted by Gasteiger charge is 2.13. The van der Waals surface area contributed by atoms with E-state index in [0.717, 1.165) is 17.4 Å². The van der Waals surface area contributed by atoms with Crippen LogP contribution in [0.3, 0.4) is 0 Å². The first-order chi connectivity index (χ1) is 10.9. The molecule has 1 atom stereocenters. The van der Waals surface area contributed by atoms with Gasteiger partial charge in [-0.2, -0.15) is 0 Å². The summed E-state index contributed by atoms with van der Waals surface area (Å²) in [6, 6.07) is 14.8. The third-order valence-corrected chi connectivity index (χ3v) is 4.76. The highest BCUT2D eigenvalue weighted by molar-refractivity contribution is 14.1. The molecule has 0 saturated carbocycles. The number of aliphatic hydroxyl groups is 1. The highest BCUT2D eigenvalue weighted by atomic mass is 127. The first kappa shape index (κ1) is 18.0. The molecule has 0 aliphatic heterocycles. The summed E-state index contributed by atoms with van der Waals surface area (Å²) in [6.45, 7) is 0.315. The number of aliphatic hydroxyl groups excluding tert-OH is 1. The maximum atomic E-state index is 11.6. The summed E-state index contributed by atoms with van der Waals surface area (Å²) >= 11 is 2.10. The Bertz CT molecular complexity index is 750. The second-order valence-corrected chi connectivity index (χ2v) is 8.31. The molecular formula is C16H18INO4S. The molecule has 2 aromatic carbocycles. The summed E-state index contributed by atoms with van der Waals surface area (Å²) in [5.74, 6) is 0.449. The Morgan fingerprint density at radius 3 is 2.52 bits per heavy atom.